The predicted molar refractivity (Wildman–Crippen MR) is 66.4 cm³/mol. The molecule has 1 aromatic carbocycles. The molecular weight excluding hydrogens is 325 g/mol. The predicted octanol–water partition coefficient (Wildman–Crippen LogP) is 3.12. The summed E-state index contributed by atoms with van der Waals surface area (Å²) in [7, 11) is -4.47. The van der Waals surface area contributed by atoms with Crippen LogP contribution in [0.1, 0.15) is 10.4 Å². The average Bonchev–Trinajstić information content (AvgIpc) is 2.33. The highest BCUT2D eigenvalue weighted by Crippen LogP contribution is 2.58. The molecule has 0 bridgehead atoms. The van der Waals surface area contributed by atoms with Gasteiger partial charge in [0.05, 0.1) is 0 Å². The molecule has 0 amide bonds. The number of benzene rings is 1. The molecule has 1 aliphatic heterocycles. The van der Waals surface area contributed by atoms with Gasteiger partial charge >= 0.3 is 13.6 Å². The number of rotatable bonds is 0. The van der Waals surface area contributed by atoms with Crippen molar-refractivity contribution >= 4 is 48.4 Å². The van der Waals surface area contributed by atoms with Crippen LogP contribution in [-0.2, 0) is 9.30 Å². The van der Waals surface area contributed by atoms with E-state index in [1.807, 2.05) is 0 Å². The van der Waals surface area contributed by atoms with Crippen LogP contribution in [-0.4, -0.2) is 20.5 Å². The zero-order chi connectivity index (χ0) is 13.6. The van der Waals surface area contributed by atoms with E-state index in [4.69, 9.17) is 44.1 Å². The molecule has 0 spiro atoms. The van der Waals surface area contributed by atoms with Gasteiger partial charge in [0.25, 0.3) is 5.85 Å². The van der Waals surface area contributed by atoms with Crippen molar-refractivity contribution in [2.75, 3.05) is 0 Å². The number of alkyl halides is 3. The third-order valence-electron chi connectivity index (χ3n) is 2.13. The van der Waals surface area contributed by atoms with E-state index in [1.165, 1.54) is 18.2 Å². The third-order valence-corrected chi connectivity index (χ3v) is 4.73. The summed E-state index contributed by atoms with van der Waals surface area (Å²) < 4.78 is 19.3. The molecule has 0 aromatic heterocycles. The monoisotopic (exact) mass is 330 g/mol. The maximum atomic E-state index is 11.9. The first kappa shape index (κ1) is 14.0. The van der Waals surface area contributed by atoms with Crippen molar-refractivity contribution in [1.82, 2.24) is 0 Å². The van der Waals surface area contributed by atoms with E-state index in [1.54, 1.807) is 6.07 Å². The van der Waals surface area contributed by atoms with Gasteiger partial charge in [0.2, 0.25) is 3.79 Å². The summed E-state index contributed by atoms with van der Waals surface area (Å²) >= 11 is 16.6. The lowest BCUT2D eigenvalue weighted by Crippen LogP contribution is -2.31. The molecule has 0 aliphatic carbocycles. The number of hydrogen-bond donors (Lipinski definition) is 1. The van der Waals surface area contributed by atoms with Gasteiger partial charge in [-0.15, -0.1) is 0 Å². The zero-order valence-electron chi connectivity index (χ0n) is 8.55. The highest BCUT2D eigenvalue weighted by atomic mass is 35.6. The molecule has 0 saturated heterocycles. The van der Waals surface area contributed by atoms with Crippen molar-refractivity contribution in [2.45, 2.75) is 9.64 Å². The van der Waals surface area contributed by atoms with Crippen LogP contribution in [0.4, 0.5) is 0 Å². The third kappa shape index (κ3) is 2.60. The smallest absolute Gasteiger partial charge is 0.421 e. The van der Waals surface area contributed by atoms with E-state index in [2.05, 4.69) is 0 Å². The lowest BCUT2D eigenvalue weighted by Gasteiger charge is -2.24. The second-order valence-electron chi connectivity index (χ2n) is 3.45. The lowest BCUT2D eigenvalue weighted by atomic mass is 10.2. The van der Waals surface area contributed by atoms with Crippen molar-refractivity contribution in [3.8, 4) is 5.75 Å². The molecule has 1 aliphatic rings. The number of fused-ring (bicyclic) bond motifs is 1. The summed E-state index contributed by atoms with van der Waals surface area (Å²) in [5, 5.41) is 0. The summed E-state index contributed by atoms with van der Waals surface area (Å²) in [6, 6.07) is 5.79. The minimum absolute atomic E-state index is 0.0106. The first-order valence-corrected chi connectivity index (χ1v) is 7.38. The van der Waals surface area contributed by atoms with Gasteiger partial charge in [-0.25, -0.2) is 9.36 Å². The minimum Gasteiger partial charge on any atom is -0.440 e. The fraction of sp³-hybridized carbons (Fsp3) is 0.222. The van der Waals surface area contributed by atoms with Crippen molar-refractivity contribution in [3.05, 3.63) is 29.8 Å². The summed E-state index contributed by atoms with van der Waals surface area (Å²) in [6.45, 7) is 0. The van der Waals surface area contributed by atoms with Gasteiger partial charge in [0.1, 0.15) is 11.3 Å². The Morgan fingerprint density at radius 3 is 2.50 bits per heavy atom. The number of halogens is 3. The van der Waals surface area contributed by atoms with Crippen LogP contribution in [0.5, 0.6) is 5.75 Å². The molecule has 98 valence electrons. The van der Waals surface area contributed by atoms with Gasteiger partial charge in [0, 0.05) is 0 Å². The molecule has 0 fully saturated rings. The van der Waals surface area contributed by atoms with E-state index in [0.717, 1.165) is 0 Å². The highest BCUT2D eigenvalue weighted by molar-refractivity contribution is 7.54. The topological polar surface area (TPSA) is 72.8 Å². The average molecular weight is 331 g/mol. The molecule has 18 heavy (non-hydrogen) atoms. The molecule has 2 rings (SSSR count). The maximum absolute atomic E-state index is 11.9. The van der Waals surface area contributed by atoms with Crippen molar-refractivity contribution < 1.29 is 23.5 Å². The summed E-state index contributed by atoms with van der Waals surface area (Å²) in [4.78, 5) is 21.5. The summed E-state index contributed by atoms with van der Waals surface area (Å²) in [5.41, 5.74) is -0.0106. The van der Waals surface area contributed by atoms with Crippen molar-refractivity contribution in [1.29, 1.82) is 0 Å². The molecule has 1 N–H and O–H groups in total. The Kier molecular flexibility index (Phi) is 3.56. The highest BCUT2D eigenvalue weighted by Gasteiger charge is 2.53. The molecule has 1 aromatic rings. The van der Waals surface area contributed by atoms with Crippen LogP contribution in [0.3, 0.4) is 0 Å². The van der Waals surface area contributed by atoms with Gasteiger partial charge in [-0.1, -0.05) is 46.9 Å². The number of para-hydroxylation sites is 1. The number of carbonyl (C=O) groups is 1. The Morgan fingerprint density at radius 1 is 1.28 bits per heavy atom. The molecular formula is C9H6Cl3O5P. The van der Waals surface area contributed by atoms with Crippen LogP contribution in [0.2, 0.25) is 0 Å². The fourth-order valence-electron chi connectivity index (χ4n) is 1.39. The fourth-order valence-corrected chi connectivity index (χ4v) is 3.77. The summed E-state index contributed by atoms with van der Waals surface area (Å²) in [5.74, 6) is -2.88. The van der Waals surface area contributed by atoms with Crippen LogP contribution in [0.25, 0.3) is 0 Å². The van der Waals surface area contributed by atoms with Crippen LogP contribution in [0.15, 0.2) is 24.3 Å². The number of esters is 1. The Hall–Kier alpha value is -0.450. The zero-order valence-corrected chi connectivity index (χ0v) is 11.7. The first-order chi connectivity index (χ1) is 8.22. The van der Waals surface area contributed by atoms with Gasteiger partial charge < -0.3 is 14.2 Å². The summed E-state index contributed by atoms with van der Waals surface area (Å²) in [6.07, 6.45) is 0. The molecule has 5 nitrogen and oxygen atoms in total. The Bertz CT molecular complexity index is 541. The van der Waals surface area contributed by atoms with E-state index in [-0.39, 0.29) is 11.3 Å². The number of cyclic esters (lactones) is 1. The van der Waals surface area contributed by atoms with Crippen LogP contribution >= 0.6 is 42.4 Å². The molecule has 0 saturated carbocycles. The first-order valence-electron chi connectivity index (χ1n) is 4.60. The molecule has 2 atom stereocenters. The van der Waals surface area contributed by atoms with Gasteiger partial charge in [0.15, 0.2) is 0 Å². The largest absolute Gasteiger partial charge is 0.440 e. The minimum atomic E-state index is -4.47. The van der Waals surface area contributed by atoms with Gasteiger partial charge in [-0.05, 0) is 12.1 Å². The van der Waals surface area contributed by atoms with Crippen LogP contribution < -0.4 is 4.52 Å². The number of ether oxygens (including phenoxy) is 1. The van der Waals surface area contributed by atoms with Gasteiger partial charge in [-0.2, -0.15) is 0 Å². The van der Waals surface area contributed by atoms with Crippen LogP contribution in [0, 0.1) is 0 Å². The number of hydrogen-bond acceptors (Lipinski definition) is 4. The second-order valence-corrected chi connectivity index (χ2v) is 7.60. The Labute approximate surface area is 117 Å². The Morgan fingerprint density at radius 2 is 1.89 bits per heavy atom. The molecule has 1 heterocycles. The van der Waals surface area contributed by atoms with E-state index in [9.17, 15) is 14.3 Å². The standard InChI is InChI=1S/C9H6Cl3O5P/c10-9(11,12)8-16-7(13)5-3-1-2-4-6(5)17-18(8,14)15/h1-4,8H,(H,14,15). The molecule has 0 radical (unpaired) electrons. The maximum Gasteiger partial charge on any atom is 0.421 e. The van der Waals surface area contributed by atoms with Crippen molar-refractivity contribution in [3.63, 3.8) is 0 Å². The Balaban J connectivity index is 2.52. The van der Waals surface area contributed by atoms with E-state index >= 15 is 0 Å². The van der Waals surface area contributed by atoms with E-state index in [0.29, 0.717) is 0 Å². The normalized spacial score (nSPS) is 27.8. The van der Waals surface area contributed by atoms with Crippen molar-refractivity contribution in [2.24, 2.45) is 0 Å². The van der Waals surface area contributed by atoms with Gasteiger partial charge in [-0.3, -0.25) is 0 Å². The SMILES string of the molecule is O=C1OC(C(Cl)(Cl)Cl)P(=O)(O)Oc2ccccc21. The second kappa shape index (κ2) is 4.58. The number of carbonyl (C=O) groups excluding carboxylic acids is 1. The van der Waals surface area contributed by atoms with E-state index < -0.39 is 23.2 Å². The quantitative estimate of drug-likeness (QED) is 0.449. The lowest BCUT2D eigenvalue weighted by molar-refractivity contribution is 0.0429. The molecule has 2 unspecified atom stereocenters. The molecule has 9 heteroatoms.